The SMILES string of the molecule is CC(Oc1ccc(Cl)cn1)C1CN(C(=O)CN2CC3CC2CO3)CC1c1ccc(Cl)c(Cl)c1. The zero-order chi connectivity index (χ0) is 23.1. The van der Waals surface area contributed by atoms with Crippen LogP contribution < -0.4 is 4.74 Å². The quantitative estimate of drug-likeness (QED) is 0.572. The van der Waals surface area contributed by atoms with Gasteiger partial charge in [0.15, 0.2) is 0 Å². The van der Waals surface area contributed by atoms with E-state index in [1.165, 1.54) is 0 Å². The van der Waals surface area contributed by atoms with Gasteiger partial charge in [-0.2, -0.15) is 0 Å². The molecule has 5 atom stereocenters. The van der Waals surface area contributed by atoms with Gasteiger partial charge in [0.25, 0.3) is 0 Å². The summed E-state index contributed by atoms with van der Waals surface area (Å²) in [4.78, 5) is 21.8. The third-order valence-electron chi connectivity index (χ3n) is 7.05. The van der Waals surface area contributed by atoms with Gasteiger partial charge in [0, 0.05) is 49.8 Å². The normalized spacial score (nSPS) is 27.8. The first kappa shape index (κ1) is 23.2. The molecule has 2 aromatic rings. The maximum atomic E-state index is 13.3. The minimum atomic E-state index is -0.174. The molecule has 1 aromatic carbocycles. The Hall–Kier alpha value is -1.57. The molecule has 176 valence electrons. The summed E-state index contributed by atoms with van der Waals surface area (Å²) in [5, 5.41) is 1.59. The monoisotopic (exact) mass is 509 g/mol. The van der Waals surface area contributed by atoms with Gasteiger partial charge in [-0.25, -0.2) is 4.98 Å². The van der Waals surface area contributed by atoms with Crippen molar-refractivity contribution in [2.75, 3.05) is 32.8 Å². The lowest BCUT2D eigenvalue weighted by atomic mass is 9.86. The van der Waals surface area contributed by atoms with E-state index < -0.39 is 0 Å². The van der Waals surface area contributed by atoms with Crippen LogP contribution in [0.3, 0.4) is 0 Å². The van der Waals surface area contributed by atoms with E-state index in [-0.39, 0.29) is 30.0 Å². The fraction of sp³-hybridized carbons (Fsp3) is 0.500. The summed E-state index contributed by atoms with van der Waals surface area (Å²) in [5.74, 6) is 0.802. The number of aromatic nitrogens is 1. The Bertz CT molecular complexity index is 1020. The Balaban J connectivity index is 1.33. The second-order valence-corrected chi connectivity index (χ2v) is 10.4. The van der Waals surface area contributed by atoms with Gasteiger partial charge < -0.3 is 14.4 Å². The van der Waals surface area contributed by atoms with Crippen LogP contribution in [0, 0.1) is 5.92 Å². The average molecular weight is 511 g/mol. The highest BCUT2D eigenvalue weighted by Crippen LogP contribution is 2.38. The van der Waals surface area contributed by atoms with Crippen molar-refractivity contribution < 1.29 is 14.3 Å². The Morgan fingerprint density at radius 1 is 1.18 bits per heavy atom. The smallest absolute Gasteiger partial charge is 0.236 e. The number of hydrogen-bond acceptors (Lipinski definition) is 5. The first-order valence-electron chi connectivity index (χ1n) is 11.2. The number of carbonyl (C=O) groups excluding carboxylic acids is 1. The van der Waals surface area contributed by atoms with Gasteiger partial charge in [-0.1, -0.05) is 40.9 Å². The highest BCUT2D eigenvalue weighted by molar-refractivity contribution is 6.42. The van der Waals surface area contributed by atoms with Crippen molar-refractivity contribution in [3.63, 3.8) is 0 Å². The third-order valence-corrected chi connectivity index (χ3v) is 8.01. The van der Waals surface area contributed by atoms with Gasteiger partial charge in [0.2, 0.25) is 11.8 Å². The molecule has 4 heterocycles. The molecule has 0 N–H and O–H groups in total. The number of amides is 1. The zero-order valence-corrected chi connectivity index (χ0v) is 20.6. The van der Waals surface area contributed by atoms with Gasteiger partial charge in [-0.15, -0.1) is 0 Å². The number of carbonyl (C=O) groups is 1. The van der Waals surface area contributed by atoms with Crippen LogP contribution in [-0.4, -0.2) is 71.7 Å². The van der Waals surface area contributed by atoms with E-state index in [4.69, 9.17) is 44.3 Å². The molecule has 1 aromatic heterocycles. The zero-order valence-electron chi connectivity index (χ0n) is 18.3. The Kier molecular flexibility index (Phi) is 6.74. The fourth-order valence-electron chi connectivity index (χ4n) is 5.26. The van der Waals surface area contributed by atoms with Gasteiger partial charge in [-0.3, -0.25) is 9.69 Å². The maximum Gasteiger partial charge on any atom is 0.236 e. The third kappa shape index (κ3) is 4.96. The highest BCUT2D eigenvalue weighted by Gasteiger charge is 2.43. The molecule has 0 radical (unpaired) electrons. The lowest BCUT2D eigenvalue weighted by molar-refractivity contribution is -0.132. The van der Waals surface area contributed by atoms with Crippen LogP contribution in [0.2, 0.25) is 15.1 Å². The number of nitrogens with zero attached hydrogens (tertiary/aromatic N) is 3. The number of morpholine rings is 1. The lowest BCUT2D eigenvalue weighted by Crippen LogP contribution is -2.45. The molecule has 3 fully saturated rings. The molecule has 0 aliphatic carbocycles. The van der Waals surface area contributed by atoms with Gasteiger partial charge in [-0.05, 0) is 37.1 Å². The van der Waals surface area contributed by atoms with E-state index in [1.807, 2.05) is 30.0 Å². The maximum absolute atomic E-state index is 13.3. The van der Waals surface area contributed by atoms with Crippen LogP contribution >= 0.6 is 34.8 Å². The highest BCUT2D eigenvalue weighted by atomic mass is 35.5. The number of pyridine rings is 1. The van der Waals surface area contributed by atoms with Crippen molar-refractivity contribution in [3.8, 4) is 5.88 Å². The van der Waals surface area contributed by atoms with Crippen LogP contribution in [0.4, 0.5) is 0 Å². The topological polar surface area (TPSA) is 54.9 Å². The van der Waals surface area contributed by atoms with E-state index in [1.54, 1.807) is 18.3 Å². The average Bonchev–Trinajstić information content (AvgIpc) is 3.53. The largest absolute Gasteiger partial charge is 0.474 e. The summed E-state index contributed by atoms with van der Waals surface area (Å²) in [6.07, 6.45) is 2.70. The van der Waals surface area contributed by atoms with Gasteiger partial charge >= 0.3 is 0 Å². The number of hydrogen-bond donors (Lipinski definition) is 0. The van der Waals surface area contributed by atoms with Crippen LogP contribution in [0.1, 0.15) is 24.8 Å². The van der Waals surface area contributed by atoms with E-state index in [9.17, 15) is 4.79 Å². The molecule has 1 amide bonds. The van der Waals surface area contributed by atoms with E-state index in [0.717, 1.165) is 25.1 Å². The second kappa shape index (κ2) is 9.59. The molecule has 3 saturated heterocycles. The van der Waals surface area contributed by atoms with Crippen LogP contribution in [-0.2, 0) is 9.53 Å². The van der Waals surface area contributed by atoms with Gasteiger partial charge in [0.05, 0.1) is 34.3 Å². The summed E-state index contributed by atoms with van der Waals surface area (Å²) in [5.41, 5.74) is 1.05. The summed E-state index contributed by atoms with van der Waals surface area (Å²) in [7, 11) is 0. The predicted molar refractivity (Wildman–Crippen MR) is 128 cm³/mol. The minimum absolute atomic E-state index is 0.0713. The van der Waals surface area contributed by atoms with E-state index >= 15 is 0 Å². The number of benzene rings is 1. The van der Waals surface area contributed by atoms with Crippen molar-refractivity contribution in [2.24, 2.45) is 5.92 Å². The van der Waals surface area contributed by atoms with Crippen LogP contribution in [0.25, 0.3) is 0 Å². The molecule has 5 rings (SSSR count). The number of likely N-dealkylation sites (tertiary alicyclic amines) is 2. The number of fused-ring (bicyclic) bond motifs is 2. The van der Waals surface area contributed by atoms with E-state index in [2.05, 4.69) is 9.88 Å². The first-order chi connectivity index (χ1) is 15.9. The molecule has 3 aliphatic rings. The van der Waals surface area contributed by atoms with Crippen molar-refractivity contribution in [1.29, 1.82) is 0 Å². The predicted octanol–water partition coefficient (Wildman–Crippen LogP) is 4.52. The molecule has 0 saturated carbocycles. The Labute approximate surface area is 208 Å². The van der Waals surface area contributed by atoms with Crippen molar-refractivity contribution >= 4 is 40.7 Å². The molecule has 3 aliphatic heterocycles. The summed E-state index contributed by atoms with van der Waals surface area (Å²) in [6, 6.07) is 9.58. The van der Waals surface area contributed by atoms with Crippen LogP contribution in [0.15, 0.2) is 36.5 Å². The lowest BCUT2D eigenvalue weighted by Gasteiger charge is -2.28. The molecular formula is C24H26Cl3N3O3. The summed E-state index contributed by atoms with van der Waals surface area (Å²) >= 11 is 18.4. The minimum Gasteiger partial charge on any atom is -0.474 e. The fourth-order valence-corrected chi connectivity index (χ4v) is 5.68. The first-order valence-corrected chi connectivity index (χ1v) is 12.4. The van der Waals surface area contributed by atoms with Crippen molar-refractivity contribution in [1.82, 2.24) is 14.8 Å². The number of ether oxygens (including phenoxy) is 2. The number of halogens is 3. The molecule has 0 spiro atoms. The standard InChI is InChI=1S/C24H26Cl3N3O3/c1-14(33-23-5-3-16(25)8-28-23)19-10-30(11-20(19)15-2-4-21(26)22(27)6-15)24(31)12-29-9-18-7-17(29)13-32-18/h2-6,8,14,17-20H,7,9-13H2,1H3. The molecular weight excluding hydrogens is 485 g/mol. The second-order valence-electron chi connectivity index (χ2n) is 9.15. The molecule has 33 heavy (non-hydrogen) atoms. The Morgan fingerprint density at radius 3 is 2.70 bits per heavy atom. The Morgan fingerprint density at radius 2 is 2.03 bits per heavy atom. The molecule has 6 nitrogen and oxygen atoms in total. The van der Waals surface area contributed by atoms with E-state index in [0.29, 0.717) is 46.6 Å². The molecule has 5 unspecified atom stereocenters. The molecule has 9 heteroatoms. The summed E-state index contributed by atoms with van der Waals surface area (Å²) in [6.45, 7) is 5.24. The van der Waals surface area contributed by atoms with Crippen molar-refractivity contribution in [3.05, 3.63) is 57.2 Å². The molecule has 2 bridgehead atoms. The van der Waals surface area contributed by atoms with Crippen LogP contribution in [0.5, 0.6) is 5.88 Å². The number of rotatable bonds is 6. The summed E-state index contributed by atoms with van der Waals surface area (Å²) < 4.78 is 11.8. The van der Waals surface area contributed by atoms with Gasteiger partial charge in [0.1, 0.15) is 6.10 Å². The van der Waals surface area contributed by atoms with Crippen molar-refractivity contribution in [2.45, 2.75) is 37.5 Å².